The number of amides is 1. The summed E-state index contributed by atoms with van der Waals surface area (Å²) in [6.45, 7) is 1.94. The first kappa shape index (κ1) is 12.9. The molecule has 0 aromatic rings. The zero-order chi connectivity index (χ0) is 12.1. The Labute approximate surface area is 94.3 Å². The fraction of sp³-hybridized carbons (Fsp3) is 0.800. The molecule has 1 aliphatic rings. The number of nitrogens with zero attached hydrogens (tertiary/aromatic N) is 1. The van der Waals surface area contributed by atoms with Gasteiger partial charge in [0.2, 0.25) is 0 Å². The summed E-state index contributed by atoms with van der Waals surface area (Å²) in [6.07, 6.45) is 1.81. The predicted octanol–water partition coefficient (Wildman–Crippen LogP) is -1.14. The van der Waals surface area contributed by atoms with Crippen molar-refractivity contribution < 1.29 is 19.4 Å². The Bertz CT molecular complexity index is 266. The molecule has 1 aliphatic carbocycles. The van der Waals surface area contributed by atoms with Crippen molar-refractivity contribution in [1.82, 2.24) is 4.90 Å². The lowest BCUT2D eigenvalue weighted by Gasteiger charge is -2.23. The lowest BCUT2D eigenvalue weighted by atomic mass is 10.2. The highest BCUT2D eigenvalue weighted by Gasteiger charge is 2.37. The minimum atomic E-state index is -1.27. The fourth-order valence-electron chi connectivity index (χ4n) is 1.48. The van der Waals surface area contributed by atoms with E-state index in [1.807, 2.05) is 0 Å². The average Bonchev–Trinajstić information content (AvgIpc) is 3.08. The molecule has 1 amide bonds. The quantitative estimate of drug-likeness (QED) is 0.444. The molecule has 6 nitrogen and oxygen atoms in total. The van der Waals surface area contributed by atoms with Gasteiger partial charge >= 0.3 is 5.97 Å². The van der Waals surface area contributed by atoms with Gasteiger partial charge in [-0.2, -0.15) is 0 Å². The van der Waals surface area contributed by atoms with Gasteiger partial charge in [-0.3, -0.25) is 4.79 Å². The number of hydrogen-bond donors (Lipinski definition) is 2. The second-order valence-corrected chi connectivity index (χ2v) is 3.72. The molecule has 0 heterocycles. The lowest BCUT2D eigenvalue weighted by molar-refractivity contribution is -0.151. The smallest absolute Gasteiger partial charge is 0.332 e. The number of aliphatic hydroxyl groups is 1. The van der Waals surface area contributed by atoms with Gasteiger partial charge in [-0.25, -0.2) is 4.79 Å². The normalized spacial score (nSPS) is 16.7. The second kappa shape index (κ2) is 5.81. The molecule has 92 valence electrons. The van der Waals surface area contributed by atoms with Crippen LogP contribution in [0.3, 0.4) is 0 Å². The van der Waals surface area contributed by atoms with E-state index in [9.17, 15) is 9.59 Å². The maximum atomic E-state index is 11.8. The molecule has 1 unspecified atom stereocenters. The minimum absolute atomic E-state index is 0.125. The summed E-state index contributed by atoms with van der Waals surface area (Å²) in [5.41, 5.74) is 5.50. The lowest BCUT2D eigenvalue weighted by Crippen LogP contribution is -2.50. The van der Waals surface area contributed by atoms with Crippen LogP contribution >= 0.6 is 0 Å². The molecule has 0 aromatic heterocycles. The Morgan fingerprint density at radius 2 is 2.19 bits per heavy atom. The Balaban J connectivity index is 2.55. The highest BCUT2D eigenvalue weighted by molar-refractivity contribution is 6.01. The standard InChI is InChI=1S/C10H18N2O4/c1-2-16-10(15)8(11)9(14)12(5-6-13)7-3-4-7/h7-8,13H,2-6,11H2,1H3. The Morgan fingerprint density at radius 3 is 2.62 bits per heavy atom. The number of aliphatic hydroxyl groups excluding tert-OH is 1. The number of nitrogens with two attached hydrogens (primary N) is 1. The third kappa shape index (κ3) is 3.18. The molecule has 0 bridgehead atoms. The van der Waals surface area contributed by atoms with Crippen LogP contribution in [0.2, 0.25) is 0 Å². The first-order chi connectivity index (χ1) is 7.61. The molecule has 1 saturated carbocycles. The Kier molecular flexibility index (Phi) is 4.70. The maximum Gasteiger partial charge on any atom is 0.332 e. The number of hydrogen-bond acceptors (Lipinski definition) is 5. The van der Waals surface area contributed by atoms with Gasteiger partial charge in [0.1, 0.15) is 0 Å². The van der Waals surface area contributed by atoms with E-state index in [1.165, 1.54) is 4.90 Å². The van der Waals surface area contributed by atoms with Gasteiger partial charge in [0.25, 0.3) is 5.91 Å². The van der Waals surface area contributed by atoms with Crippen molar-refractivity contribution in [2.45, 2.75) is 31.8 Å². The van der Waals surface area contributed by atoms with E-state index in [2.05, 4.69) is 4.74 Å². The molecule has 0 radical (unpaired) electrons. The molecular formula is C10H18N2O4. The topological polar surface area (TPSA) is 92.9 Å². The van der Waals surface area contributed by atoms with Crippen LogP contribution in [-0.2, 0) is 14.3 Å². The van der Waals surface area contributed by atoms with Crippen LogP contribution in [0, 0.1) is 0 Å². The molecule has 0 aromatic carbocycles. The van der Waals surface area contributed by atoms with E-state index < -0.39 is 17.9 Å². The molecule has 3 N–H and O–H groups in total. The van der Waals surface area contributed by atoms with Crippen LogP contribution in [-0.4, -0.2) is 53.7 Å². The summed E-state index contributed by atoms with van der Waals surface area (Å²) in [5.74, 6) is -1.17. The summed E-state index contributed by atoms with van der Waals surface area (Å²) in [7, 11) is 0. The van der Waals surface area contributed by atoms with Gasteiger partial charge in [0, 0.05) is 12.6 Å². The number of esters is 1. The third-order valence-corrected chi connectivity index (χ3v) is 2.42. The predicted molar refractivity (Wildman–Crippen MR) is 56.4 cm³/mol. The Morgan fingerprint density at radius 1 is 1.56 bits per heavy atom. The van der Waals surface area contributed by atoms with Crippen molar-refractivity contribution in [2.75, 3.05) is 19.8 Å². The van der Waals surface area contributed by atoms with Crippen LogP contribution in [0.5, 0.6) is 0 Å². The van der Waals surface area contributed by atoms with Crippen molar-refractivity contribution in [1.29, 1.82) is 0 Å². The molecule has 6 heteroatoms. The summed E-state index contributed by atoms with van der Waals surface area (Å²) >= 11 is 0. The monoisotopic (exact) mass is 230 g/mol. The summed E-state index contributed by atoms with van der Waals surface area (Å²) in [4.78, 5) is 24.6. The zero-order valence-corrected chi connectivity index (χ0v) is 9.39. The highest BCUT2D eigenvalue weighted by Crippen LogP contribution is 2.26. The van der Waals surface area contributed by atoms with Gasteiger partial charge in [0.15, 0.2) is 6.04 Å². The molecule has 0 aliphatic heterocycles. The number of ether oxygens (including phenoxy) is 1. The van der Waals surface area contributed by atoms with Gasteiger partial charge in [0.05, 0.1) is 13.2 Å². The maximum absolute atomic E-state index is 11.8. The van der Waals surface area contributed by atoms with Crippen molar-refractivity contribution in [2.24, 2.45) is 5.73 Å². The molecule has 16 heavy (non-hydrogen) atoms. The van der Waals surface area contributed by atoms with Gasteiger partial charge in [-0.15, -0.1) is 0 Å². The molecule has 0 saturated heterocycles. The molecule has 1 atom stereocenters. The number of carbonyl (C=O) groups is 2. The van der Waals surface area contributed by atoms with E-state index in [-0.39, 0.29) is 25.8 Å². The van der Waals surface area contributed by atoms with E-state index in [0.717, 1.165) is 12.8 Å². The third-order valence-electron chi connectivity index (χ3n) is 2.42. The number of rotatable bonds is 6. The van der Waals surface area contributed by atoms with Crippen molar-refractivity contribution in [3.8, 4) is 0 Å². The van der Waals surface area contributed by atoms with Gasteiger partial charge in [-0.1, -0.05) is 0 Å². The van der Waals surface area contributed by atoms with E-state index in [0.29, 0.717) is 0 Å². The van der Waals surface area contributed by atoms with Crippen molar-refractivity contribution in [3.63, 3.8) is 0 Å². The largest absolute Gasteiger partial charge is 0.464 e. The second-order valence-electron chi connectivity index (χ2n) is 3.72. The fourth-order valence-corrected chi connectivity index (χ4v) is 1.48. The van der Waals surface area contributed by atoms with Crippen LogP contribution in [0.15, 0.2) is 0 Å². The molecule has 0 spiro atoms. The summed E-state index contributed by atoms with van der Waals surface area (Å²) in [5, 5.41) is 8.84. The van der Waals surface area contributed by atoms with Gasteiger partial charge < -0.3 is 20.5 Å². The molecule has 1 rings (SSSR count). The minimum Gasteiger partial charge on any atom is -0.464 e. The van der Waals surface area contributed by atoms with E-state index in [1.54, 1.807) is 6.92 Å². The first-order valence-electron chi connectivity index (χ1n) is 5.45. The van der Waals surface area contributed by atoms with Crippen LogP contribution < -0.4 is 5.73 Å². The Hall–Kier alpha value is -1.14. The van der Waals surface area contributed by atoms with E-state index >= 15 is 0 Å². The summed E-state index contributed by atoms with van der Waals surface area (Å²) < 4.78 is 4.68. The van der Waals surface area contributed by atoms with E-state index in [4.69, 9.17) is 10.8 Å². The van der Waals surface area contributed by atoms with Crippen LogP contribution in [0.4, 0.5) is 0 Å². The molecule has 1 fully saturated rings. The van der Waals surface area contributed by atoms with Crippen LogP contribution in [0.25, 0.3) is 0 Å². The van der Waals surface area contributed by atoms with Gasteiger partial charge in [-0.05, 0) is 19.8 Å². The summed E-state index contributed by atoms with van der Waals surface area (Å²) in [6, 6.07) is -1.15. The SMILES string of the molecule is CCOC(=O)C(N)C(=O)N(CCO)C1CC1. The molecular weight excluding hydrogens is 212 g/mol. The highest BCUT2D eigenvalue weighted by atomic mass is 16.5. The van der Waals surface area contributed by atoms with Crippen molar-refractivity contribution >= 4 is 11.9 Å². The van der Waals surface area contributed by atoms with Crippen LogP contribution in [0.1, 0.15) is 19.8 Å². The first-order valence-corrected chi connectivity index (χ1v) is 5.45. The zero-order valence-electron chi connectivity index (χ0n) is 9.39. The number of carbonyl (C=O) groups excluding carboxylic acids is 2. The average molecular weight is 230 g/mol. The van der Waals surface area contributed by atoms with Crippen molar-refractivity contribution in [3.05, 3.63) is 0 Å².